The number of H-pyrrole nitrogens is 1. The van der Waals surface area contributed by atoms with Crippen molar-refractivity contribution < 1.29 is 14.9 Å². The van der Waals surface area contributed by atoms with Gasteiger partial charge in [-0.05, 0) is 96.8 Å². The van der Waals surface area contributed by atoms with Crippen LogP contribution < -0.4 is 20.9 Å². The summed E-state index contributed by atoms with van der Waals surface area (Å²) in [6, 6.07) is 27.6. The average molecular weight is 716 g/mol. The predicted octanol–water partition coefficient (Wildman–Crippen LogP) is 7.36. The highest BCUT2D eigenvalue weighted by molar-refractivity contribution is 6.05. The molecule has 10 heteroatoms. The molecule has 5 aromatic rings. The number of nitrogens with two attached hydrogens (primary N) is 1. The summed E-state index contributed by atoms with van der Waals surface area (Å²) in [5, 5.41) is 7.95. The van der Waals surface area contributed by atoms with E-state index in [1.165, 1.54) is 0 Å². The highest BCUT2D eigenvalue weighted by Crippen LogP contribution is 2.34. The summed E-state index contributed by atoms with van der Waals surface area (Å²) >= 11 is 0. The quantitative estimate of drug-likeness (QED) is 0.0841. The third-order valence-electron chi connectivity index (χ3n) is 9.54. The van der Waals surface area contributed by atoms with Crippen LogP contribution in [0, 0.1) is 0 Å². The second-order valence-electron chi connectivity index (χ2n) is 13.8. The fourth-order valence-corrected chi connectivity index (χ4v) is 6.22. The van der Waals surface area contributed by atoms with E-state index < -0.39 is 0 Å². The van der Waals surface area contributed by atoms with Gasteiger partial charge in [0.05, 0.1) is 11.0 Å². The Labute approximate surface area is 315 Å². The minimum absolute atomic E-state index is 0.0773. The number of carbonyl (C=O) groups excluding carboxylic acids is 2. The van der Waals surface area contributed by atoms with E-state index in [1.807, 2.05) is 92.6 Å². The second-order valence-corrected chi connectivity index (χ2v) is 13.8. The Kier molecular flexibility index (Phi) is 9.93. The van der Waals surface area contributed by atoms with Gasteiger partial charge in [-0.2, -0.15) is 4.99 Å². The zero-order valence-electron chi connectivity index (χ0n) is 30.9. The van der Waals surface area contributed by atoms with Gasteiger partial charge in [-0.1, -0.05) is 43.5 Å². The number of hydrogen-bond donors (Lipinski definition) is 4. The first-order valence-electron chi connectivity index (χ1n) is 17.7. The maximum absolute atomic E-state index is 12.9. The van der Waals surface area contributed by atoms with Gasteiger partial charge in [0.15, 0.2) is 5.69 Å². The Bertz CT molecular complexity index is 2430. The zero-order valence-corrected chi connectivity index (χ0v) is 30.9. The topological polar surface area (TPSA) is 122 Å². The molecule has 1 aliphatic heterocycles. The summed E-state index contributed by atoms with van der Waals surface area (Å²) in [6.45, 7) is 7.86. The smallest absolute Gasteiger partial charge is 0.255 e. The van der Waals surface area contributed by atoms with Gasteiger partial charge in [0.2, 0.25) is 5.84 Å². The van der Waals surface area contributed by atoms with Crippen molar-refractivity contribution in [3.8, 4) is 22.5 Å². The molecule has 0 atom stereocenters. The van der Waals surface area contributed by atoms with E-state index in [9.17, 15) is 9.59 Å². The van der Waals surface area contributed by atoms with E-state index in [-0.39, 0.29) is 11.8 Å². The van der Waals surface area contributed by atoms with Crippen LogP contribution in [0.1, 0.15) is 23.2 Å². The molecule has 0 fully saturated rings. The van der Waals surface area contributed by atoms with Gasteiger partial charge < -0.3 is 25.4 Å². The molecule has 0 spiro atoms. The number of likely N-dealkylation sites (N-methyl/N-ethyl adjacent to an activating group) is 1. The molecule has 2 aliphatic rings. The van der Waals surface area contributed by atoms with Crippen molar-refractivity contribution in [2.45, 2.75) is 12.8 Å². The molecule has 270 valence electrons. The van der Waals surface area contributed by atoms with Gasteiger partial charge in [-0.25, -0.2) is 4.98 Å². The summed E-state index contributed by atoms with van der Waals surface area (Å²) in [6.07, 6.45) is 8.84. The number of carbonyl (C=O) groups is 2. The number of amides is 2. The van der Waals surface area contributed by atoms with E-state index >= 15 is 0 Å². The zero-order chi connectivity index (χ0) is 37.9. The van der Waals surface area contributed by atoms with E-state index in [0.717, 1.165) is 85.4 Å². The summed E-state index contributed by atoms with van der Waals surface area (Å²) < 4.78 is 0. The first kappa shape index (κ1) is 35.6. The van der Waals surface area contributed by atoms with Crippen LogP contribution in [0.25, 0.3) is 33.5 Å². The van der Waals surface area contributed by atoms with Crippen molar-refractivity contribution in [3.63, 3.8) is 0 Å². The minimum Gasteiger partial charge on any atom is -0.378 e. The van der Waals surface area contributed by atoms with E-state index in [0.29, 0.717) is 17.7 Å². The van der Waals surface area contributed by atoms with E-state index in [4.69, 9.17) is 9.98 Å². The molecule has 1 aliphatic carbocycles. The van der Waals surface area contributed by atoms with E-state index in [1.54, 1.807) is 24.3 Å². The first-order chi connectivity index (χ1) is 26.0. The summed E-state index contributed by atoms with van der Waals surface area (Å²) in [4.78, 5) is 42.9. The van der Waals surface area contributed by atoms with Gasteiger partial charge in [0.25, 0.3) is 11.8 Å². The van der Waals surface area contributed by atoms with Crippen LogP contribution in [0.3, 0.4) is 0 Å². The van der Waals surface area contributed by atoms with Crippen LogP contribution in [-0.2, 0) is 4.79 Å². The largest absolute Gasteiger partial charge is 0.378 e. The van der Waals surface area contributed by atoms with Crippen LogP contribution in [-0.4, -0.2) is 60.7 Å². The highest BCUT2D eigenvalue weighted by Gasteiger charge is 2.25. The van der Waals surface area contributed by atoms with Gasteiger partial charge in [-0.3, -0.25) is 14.9 Å². The molecule has 54 heavy (non-hydrogen) atoms. The molecule has 5 N–H and O–H groups in total. The number of nitrogens with one attached hydrogen (secondary N) is 3. The Hall–Kier alpha value is -6.78. The number of anilines is 2. The lowest BCUT2D eigenvalue weighted by Crippen LogP contribution is -2.81. The molecule has 10 nitrogen and oxygen atoms in total. The molecule has 0 radical (unpaired) electrons. The maximum Gasteiger partial charge on any atom is 0.255 e. The number of amidine groups is 1. The number of aliphatic imine (C=N–C) groups is 1. The lowest BCUT2D eigenvalue weighted by Gasteiger charge is -2.15. The standard InChI is InChI=1S/C44H42N8O2/c1-27(7-8-28(2)51(3)4)45-43(53)31-13-9-29(10-14-31)41-47-37-23-17-33(25-39(37)49-41)34-18-24-38-40(26-34)50-42(48-38)30-11-15-32(16-12-30)44(54)46-35-19-21-36(22-20-35)52(5)6/h7-11,13-15,17-26H,1-2,12,16H2,3-6H3,(H,45,53)(H,46,54)(H,47,49)(H,48,50)/p+1. The van der Waals surface area contributed by atoms with Gasteiger partial charge >= 0.3 is 0 Å². The van der Waals surface area contributed by atoms with Crippen molar-refractivity contribution in [2.75, 3.05) is 38.4 Å². The van der Waals surface area contributed by atoms with E-state index in [2.05, 4.69) is 64.4 Å². The summed E-state index contributed by atoms with van der Waals surface area (Å²) in [7, 11) is 7.78. The van der Waals surface area contributed by atoms with Crippen molar-refractivity contribution in [3.05, 3.63) is 150 Å². The molecule has 2 amide bonds. The van der Waals surface area contributed by atoms with Crippen molar-refractivity contribution in [1.29, 1.82) is 0 Å². The number of aromatic nitrogens is 2. The number of fused-ring (bicyclic) bond motifs is 2. The Morgan fingerprint density at radius 2 is 1.54 bits per heavy atom. The molecule has 0 bridgehead atoms. The molecular weight excluding hydrogens is 673 g/mol. The number of allylic oxidation sites excluding steroid dienone is 4. The van der Waals surface area contributed by atoms with Crippen LogP contribution in [0.5, 0.6) is 0 Å². The number of imidazole rings is 1. The third-order valence-corrected chi connectivity index (χ3v) is 9.54. The predicted molar refractivity (Wildman–Crippen MR) is 219 cm³/mol. The van der Waals surface area contributed by atoms with Crippen LogP contribution in [0.2, 0.25) is 0 Å². The molecule has 0 saturated carbocycles. The number of aromatic amines is 1. The number of nitrogens with zero attached hydrogens (tertiary/aromatic N) is 4. The van der Waals surface area contributed by atoms with Crippen LogP contribution >= 0.6 is 0 Å². The second kappa shape index (κ2) is 15.1. The molecule has 1 aromatic heterocycles. The minimum atomic E-state index is -0.242. The normalized spacial score (nSPS) is 13.5. The molecule has 0 unspecified atom stereocenters. The SMILES string of the molecule is C=C(C=CC(=C)N(C)C)NC(=O)c1ccc(-c2nc3ccc(-c4ccc5c(c4)N=C(C4=CC=C(C(=O)Nc6ccc(N(C)C)cc6)CC4)[NH2+]5)cc3[nH]2)cc1. The van der Waals surface area contributed by atoms with Gasteiger partial charge in [-0.15, -0.1) is 0 Å². The number of benzene rings is 4. The molecule has 2 heterocycles. The number of rotatable bonds is 11. The van der Waals surface area contributed by atoms with Crippen LogP contribution in [0.4, 0.5) is 22.7 Å². The Balaban J connectivity index is 1.01. The maximum atomic E-state index is 12.9. The van der Waals surface area contributed by atoms with Crippen molar-refractivity contribution in [1.82, 2.24) is 20.2 Å². The fourth-order valence-electron chi connectivity index (χ4n) is 6.22. The summed E-state index contributed by atoms with van der Waals surface area (Å²) in [5.41, 5.74) is 12.2. The lowest BCUT2D eigenvalue weighted by atomic mass is 9.97. The fraction of sp³-hybridized carbons (Fsp3) is 0.136. The molecular formula is C44H43N8O2+. The molecule has 0 saturated heterocycles. The Morgan fingerprint density at radius 3 is 2.24 bits per heavy atom. The first-order valence-corrected chi connectivity index (χ1v) is 17.7. The van der Waals surface area contributed by atoms with Gasteiger partial charge in [0.1, 0.15) is 11.5 Å². The number of hydrogen-bond acceptors (Lipinski definition) is 6. The lowest BCUT2D eigenvalue weighted by molar-refractivity contribution is -0.437. The monoisotopic (exact) mass is 715 g/mol. The number of quaternary nitrogens is 1. The average Bonchev–Trinajstić information content (AvgIpc) is 3.81. The van der Waals surface area contributed by atoms with Crippen molar-refractivity contribution >= 4 is 51.4 Å². The van der Waals surface area contributed by atoms with Crippen LogP contribution in [0.15, 0.2) is 150 Å². The summed E-state index contributed by atoms with van der Waals surface area (Å²) in [5.74, 6) is 1.33. The highest BCUT2D eigenvalue weighted by atomic mass is 16.2. The van der Waals surface area contributed by atoms with Gasteiger partial charge in [0, 0.05) is 79.3 Å². The Morgan fingerprint density at radius 1 is 0.815 bits per heavy atom. The molecule has 4 aromatic carbocycles. The third kappa shape index (κ3) is 7.84. The molecule has 7 rings (SSSR count). The van der Waals surface area contributed by atoms with Crippen molar-refractivity contribution in [2.24, 2.45) is 4.99 Å².